The second-order valence-corrected chi connectivity index (χ2v) is 6.60. The Kier molecular flexibility index (Phi) is 5.71. The Balaban J connectivity index is 0.00000109. The molecule has 3 rings (SSSR count). The number of carbonyl (C=O) groups is 1. The highest BCUT2D eigenvalue weighted by Gasteiger charge is 2.19. The van der Waals surface area contributed by atoms with Gasteiger partial charge in [0.05, 0.1) is 11.9 Å². The summed E-state index contributed by atoms with van der Waals surface area (Å²) in [6.07, 6.45) is 6.86. The van der Waals surface area contributed by atoms with Gasteiger partial charge in [0.1, 0.15) is 10.6 Å². The van der Waals surface area contributed by atoms with Gasteiger partial charge in [-0.05, 0) is 18.2 Å². The molecule has 25 heavy (non-hydrogen) atoms. The van der Waals surface area contributed by atoms with Crippen LogP contribution in [-0.4, -0.2) is 33.1 Å². The zero-order valence-electron chi connectivity index (χ0n) is 14.1. The van der Waals surface area contributed by atoms with Crippen LogP contribution in [0.25, 0.3) is 0 Å². The van der Waals surface area contributed by atoms with Gasteiger partial charge < -0.3 is 5.32 Å². The van der Waals surface area contributed by atoms with Crippen LogP contribution in [0.2, 0.25) is 0 Å². The molecule has 0 saturated carbocycles. The number of pyridine rings is 1. The molecule has 0 aliphatic carbocycles. The van der Waals surface area contributed by atoms with Crippen molar-refractivity contribution in [2.24, 2.45) is 7.05 Å². The molecule has 132 valence electrons. The van der Waals surface area contributed by atoms with Gasteiger partial charge in [0.15, 0.2) is 0 Å². The van der Waals surface area contributed by atoms with Crippen LogP contribution >= 0.6 is 0 Å². The highest BCUT2D eigenvalue weighted by molar-refractivity contribution is 7.90. The summed E-state index contributed by atoms with van der Waals surface area (Å²) in [6.45, 7) is 4.00. The minimum Gasteiger partial charge on any atom is -0.319 e. The van der Waals surface area contributed by atoms with Crippen molar-refractivity contribution in [1.29, 1.82) is 0 Å². The van der Waals surface area contributed by atoms with E-state index in [-0.39, 0.29) is 10.6 Å². The average molecular weight is 361 g/mol. The molecule has 0 aromatic carbocycles. The molecule has 0 bridgehead atoms. The molecule has 0 radical (unpaired) electrons. The van der Waals surface area contributed by atoms with Crippen LogP contribution in [0.5, 0.6) is 0 Å². The van der Waals surface area contributed by atoms with Gasteiger partial charge in [-0.25, -0.2) is 12.4 Å². The molecular weight excluding hydrogens is 342 g/mol. The normalized spacial score (nSPS) is 10.7. The first-order valence-electron chi connectivity index (χ1n) is 7.61. The van der Waals surface area contributed by atoms with E-state index in [0.717, 1.165) is 3.97 Å². The summed E-state index contributed by atoms with van der Waals surface area (Å²) < 4.78 is 27.2. The number of nitrogens with one attached hydrogen (secondary N) is 1. The van der Waals surface area contributed by atoms with Crippen molar-refractivity contribution in [3.8, 4) is 0 Å². The molecule has 9 heteroatoms. The maximum atomic E-state index is 12.4. The fourth-order valence-corrected chi connectivity index (χ4v) is 3.13. The molecule has 3 aromatic rings. The standard InChI is InChI=1S/C14H13N5O3S.C2H6/c1-18-10-12(8-16-18)23(21,22)19-7-5-11(9-19)17-14(20)13-4-2-3-6-15-13;1-2/h2-10H,1H3,(H,17,20);1-2H3. The summed E-state index contributed by atoms with van der Waals surface area (Å²) >= 11 is 0. The molecule has 3 aromatic heterocycles. The van der Waals surface area contributed by atoms with Crippen LogP contribution in [0, 0.1) is 0 Å². The molecular formula is C16H19N5O3S. The zero-order valence-corrected chi connectivity index (χ0v) is 14.9. The second-order valence-electron chi connectivity index (χ2n) is 4.75. The topological polar surface area (TPSA) is 98.9 Å². The summed E-state index contributed by atoms with van der Waals surface area (Å²) in [6, 6.07) is 6.46. The fraction of sp³-hybridized carbons (Fsp3) is 0.188. The number of amides is 1. The van der Waals surface area contributed by atoms with Gasteiger partial charge in [0, 0.05) is 31.8 Å². The van der Waals surface area contributed by atoms with Gasteiger partial charge in [0.2, 0.25) is 0 Å². The third-order valence-electron chi connectivity index (χ3n) is 3.08. The zero-order chi connectivity index (χ0) is 18.4. The quantitative estimate of drug-likeness (QED) is 0.767. The summed E-state index contributed by atoms with van der Waals surface area (Å²) in [5.41, 5.74) is 0.600. The van der Waals surface area contributed by atoms with Crippen molar-refractivity contribution in [3.63, 3.8) is 0 Å². The number of anilines is 1. The van der Waals surface area contributed by atoms with Gasteiger partial charge >= 0.3 is 0 Å². The van der Waals surface area contributed by atoms with E-state index in [1.165, 1.54) is 41.7 Å². The Bertz CT molecular complexity index is 945. The highest BCUT2D eigenvalue weighted by atomic mass is 32.2. The predicted octanol–water partition coefficient (Wildman–Crippen LogP) is 2.13. The Labute approximate surface area is 146 Å². The molecule has 0 atom stereocenters. The lowest BCUT2D eigenvalue weighted by atomic mass is 10.3. The number of carbonyl (C=O) groups excluding carboxylic acids is 1. The van der Waals surface area contributed by atoms with Crippen molar-refractivity contribution in [3.05, 3.63) is 60.9 Å². The van der Waals surface area contributed by atoms with Gasteiger partial charge in [0.25, 0.3) is 15.9 Å². The maximum Gasteiger partial charge on any atom is 0.274 e. The minimum atomic E-state index is -3.73. The molecule has 0 saturated heterocycles. The van der Waals surface area contributed by atoms with E-state index >= 15 is 0 Å². The summed E-state index contributed by atoms with van der Waals surface area (Å²) in [4.78, 5) is 16.0. The number of aromatic nitrogens is 4. The predicted molar refractivity (Wildman–Crippen MR) is 93.8 cm³/mol. The Morgan fingerprint density at radius 2 is 1.92 bits per heavy atom. The van der Waals surface area contributed by atoms with Gasteiger partial charge in [-0.1, -0.05) is 19.9 Å². The first-order chi connectivity index (χ1) is 12.0. The van der Waals surface area contributed by atoms with Crippen molar-refractivity contribution in [2.75, 3.05) is 5.32 Å². The molecule has 0 aliphatic heterocycles. The Morgan fingerprint density at radius 3 is 2.52 bits per heavy atom. The maximum absolute atomic E-state index is 12.4. The van der Waals surface area contributed by atoms with Crippen molar-refractivity contribution >= 4 is 21.6 Å². The fourth-order valence-electron chi connectivity index (χ4n) is 1.95. The Hall–Kier alpha value is -2.94. The second kappa shape index (κ2) is 7.75. The monoisotopic (exact) mass is 361 g/mol. The third-order valence-corrected chi connectivity index (χ3v) is 4.67. The largest absolute Gasteiger partial charge is 0.319 e. The molecule has 8 nitrogen and oxygen atoms in total. The van der Waals surface area contributed by atoms with Crippen LogP contribution in [0.4, 0.5) is 5.69 Å². The summed E-state index contributed by atoms with van der Waals surface area (Å²) in [5, 5.41) is 6.45. The Morgan fingerprint density at radius 1 is 1.16 bits per heavy atom. The van der Waals surface area contributed by atoms with Gasteiger partial charge in [-0.3, -0.25) is 14.5 Å². The van der Waals surface area contributed by atoms with E-state index in [1.54, 1.807) is 25.2 Å². The smallest absolute Gasteiger partial charge is 0.274 e. The SMILES string of the molecule is CC.Cn1cc(S(=O)(=O)n2ccc(NC(=O)c3ccccn3)c2)cn1. The van der Waals surface area contributed by atoms with E-state index in [2.05, 4.69) is 15.4 Å². The lowest BCUT2D eigenvalue weighted by Gasteiger charge is -2.03. The van der Waals surface area contributed by atoms with Crippen LogP contribution in [-0.2, 0) is 17.1 Å². The van der Waals surface area contributed by atoms with Crippen LogP contribution < -0.4 is 5.32 Å². The van der Waals surface area contributed by atoms with E-state index in [0.29, 0.717) is 5.69 Å². The van der Waals surface area contributed by atoms with E-state index < -0.39 is 15.9 Å². The number of hydrogen-bond acceptors (Lipinski definition) is 5. The molecule has 3 heterocycles. The van der Waals surface area contributed by atoms with Crippen LogP contribution in [0.1, 0.15) is 24.3 Å². The molecule has 0 fully saturated rings. The molecule has 0 unspecified atom stereocenters. The lowest BCUT2D eigenvalue weighted by molar-refractivity contribution is 0.102. The number of aryl methyl sites for hydroxylation is 1. The molecule has 0 aliphatic rings. The van der Waals surface area contributed by atoms with Gasteiger partial charge in [-0.15, -0.1) is 0 Å². The van der Waals surface area contributed by atoms with Crippen LogP contribution in [0.3, 0.4) is 0 Å². The minimum absolute atomic E-state index is 0.0678. The third kappa shape index (κ3) is 4.13. The van der Waals surface area contributed by atoms with Crippen molar-refractivity contribution in [1.82, 2.24) is 18.7 Å². The molecule has 1 N–H and O–H groups in total. The van der Waals surface area contributed by atoms with Crippen molar-refractivity contribution in [2.45, 2.75) is 18.7 Å². The average Bonchev–Trinajstić information content (AvgIpc) is 3.27. The summed E-state index contributed by atoms with van der Waals surface area (Å²) in [5.74, 6) is -0.415. The molecule has 0 spiro atoms. The lowest BCUT2D eigenvalue weighted by Crippen LogP contribution is -2.13. The highest BCUT2D eigenvalue weighted by Crippen LogP contribution is 2.17. The van der Waals surface area contributed by atoms with E-state index in [1.807, 2.05) is 13.8 Å². The van der Waals surface area contributed by atoms with Crippen LogP contribution in [0.15, 0.2) is 60.1 Å². The number of hydrogen-bond donors (Lipinski definition) is 1. The molecule has 1 amide bonds. The van der Waals surface area contributed by atoms with Gasteiger partial charge in [-0.2, -0.15) is 5.10 Å². The van der Waals surface area contributed by atoms with E-state index in [9.17, 15) is 13.2 Å². The van der Waals surface area contributed by atoms with Crippen molar-refractivity contribution < 1.29 is 13.2 Å². The first-order valence-corrected chi connectivity index (χ1v) is 9.05. The summed E-state index contributed by atoms with van der Waals surface area (Å²) in [7, 11) is -2.10. The number of rotatable bonds is 4. The number of nitrogens with zero attached hydrogens (tertiary/aromatic N) is 4. The van der Waals surface area contributed by atoms with E-state index in [4.69, 9.17) is 0 Å². The first kappa shape index (κ1) is 18.4.